The zero-order valence-electron chi connectivity index (χ0n) is 11.2. The van der Waals surface area contributed by atoms with Crippen molar-refractivity contribution in [2.45, 2.75) is 13.0 Å². The van der Waals surface area contributed by atoms with Gasteiger partial charge in [-0.25, -0.2) is 13.2 Å². The van der Waals surface area contributed by atoms with Gasteiger partial charge in [0.05, 0.1) is 11.6 Å². The number of nitrogens with zero attached hydrogens (tertiary/aromatic N) is 1. The summed E-state index contributed by atoms with van der Waals surface area (Å²) in [6, 6.07) is 9.49. The molecule has 0 fully saturated rings. The summed E-state index contributed by atoms with van der Waals surface area (Å²) in [5, 5.41) is 11.6. The van der Waals surface area contributed by atoms with Gasteiger partial charge in [-0.3, -0.25) is 0 Å². The number of hydrogen-bond donors (Lipinski definition) is 1. The van der Waals surface area contributed by atoms with Gasteiger partial charge in [0, 0.05) is 18.2 Å². The number of benzene rings is 2. The predicted molar refractivity (Wildman–Crippen MR) is 72.9 cm³/mol. The molecule has 0 aromatic heterocycles. The van der Waals surface area contributed by atoms with Gasteiger partial charge in [0.2, 0.25) is 0 Å². The maximum atomic E-state index is 13.6. The van der Waals surface area contributed by atoms with Gasteiger partial charge in [-0.1, -0.05) is 6.07 Å². The first-order valence-corrected chi connectivity index (χ1v) is 6.42. The van der Waals surface area contributed by atoms with E-state index in [9.17, 15) is 13.2 Å². The van der Waals surface area contributed by atoms with Crippen LogP contribution in [0.15, 0.2) is 36.4 Å². The average Bonchev–Trinajstić information content (AvgIpc) is 2.43. The van der Waals surface area contributed by atoms with Crippen molar-refractivity contribution in [1.29, 1.82) is 5.26 Å². The summed E-state index contributed by atoms with van der Waals surface area (Å²) in [6.07, 6.45) is 0.437. The van der Waals surface area contributed by atoms with Crippen LogP contribution < -0.4 is 5.32 Å². The summed E-state index contributed by atoms with van der Waals surface area (Å²) in [5.74, 6) is -1.66. The summed E-state index contributed by atoms with van der Waals surface area (Å²) in [6.45, 7) is 0.748. The molecule has 0 spiro atoms. The third-order valence-corrected chi connectivity index (χ3v) is 3.01. The first-order chi connectivity index (χ1) is 10.1. The standard InChI is InChI=1S/C16H13F3N2/c17-14-5-11(6-15(18)8-14)3-4-21-10-13-2-1-12(9-20)7-16(13)19/h1-2,5-8,21H,3-4,10H2. The van der Waals surface area contributed by atoms with Crippen molar-refractivity contribution in [2.75, 3.05) is 6.54 Å². The highest BCUT2D eigenvalue weighted by molar-refractivity contribution is 5.32. The highest BCUT2D eigenvalue weighted by atomic mass is 19.1. The normalized spacial score (nSPS) is 10.4. The Morgan fingerprint density at radius 3 is 2.33 bits per heavy atom. The molecule has 0 aliphatic carbocycles. The Hall–Kier alpha value is -2.32. The van der Waals surface area contributed by atoms with E-state index in [4.69, 9.17) is 5.26 Å². The minimum atomic E-state index is -0.608. The predicted octanol–water partition coefficient (Wildman–Crippen LogP) is 3.31. The van der Waals surface area contributed by atoms with Gasteiger partial charge in [-0.05, 0) is 42.8 Å². The quantitative estimate of drug-likeness (QED) is 0.858. The highest BCUT2D eigenvalue weighted by Gasteiger charge is 2.04. The largest absolute Gasteiger partial charge is 0.312 e. The van der Waals surface area contributed by atoms with E-state index in [0.717, 1.165) is 6.07 Å². The van der Waals surface area contributed by atoms with E-state index in [0.29, 0.717) is 24.1 Å². The number of halogens is 3. The molecule has 108 valence electrons. The summed E-state index contributed by atoms with van der Waals surface area (Å²) in [4.78, 5) is 0. The van der Waals surface area contributed by atoms with Crippen molar-refractivity contribution in [2.24, 2.45) is 0 Å². The monoisotopic (exact) mass is 290 g/mol. The Labute approximate surface area is 120 Å². The van der Waals surface area contributed by atoms with E-state index in [1.165, 1.54) is 18.2 Å². The Kier molecular flexibility index (Phi) is 4.96. The fourth-order valence-electron chi connectivity index (χ4n) is 1.97. The zero-order valence-corrected chi connectivity index (χ0v) is 11.2. The van der Waals surface area contributed by atoms with E-state index >= 15 is 0 Å². The number of hydrogen-bond acceptors (Lipinski definition) is 2. The maximum Gasteiger partial charge on any atom is 0.129 e. The Bertz CT molecular complexity index is 657. The molecule has 0 aliphatic heterocycles. The molecule has 0 amide bonds. The van der Waals surface area contributed by atoms with Crippen LogP contribution in [0.25, 0.3) is 0 Å². The topological polar surface area (TPSA) is 35.8 Å². The lowest BCUT2D eigenvalue weighted by Gasteiger charge is -2.07. The Morgan fingerprint density at radius 1 is 1.00 bits per heavy atom. The van der Waals surface area contributed by atoms with Crippen LogP contribution >= 0.6 is 0 Å². The van der Waals surface area contributed by atoms with Crippen LogP contribution in [0.4, 0.5) is 13.2 Å². The van der Waals surface area contributed by atoms with Crippen molar-refractivity contribution >= 4 is 0 Å². The van der Waals surface area contributed by atoms with Gasteiger partial charge in [0.25, 0.3) is 0 Å². The average molecular weight is 290 g/mol. The second-order valence-corrected chi connectivity index (χ2v) is 4.62. The lowest BCUT2D eigenvalue weighted by atomic mass is 10.1. The first kappa shape index (κ1) is 15.1. The van der Waals surface area contributed by atoms with Gasteiger partial charge >= 0.3 is 0 Å². The molecule has 0 saturated carbocycles. The molecule has 2 rings (SSSR count). The van der Waals surface area contributed by atoms with Crippen molar-refractivity contribution in [3.05, 3.63) is 70.5 Å². The van der Waals surface area contributed by atoms with Crippen LogP contribution in [-0.2, 0) is 13.0 Å². The lowest BCUT2D eigenvalue weighted by Crippen LogP contribution is -2.17. The third-order valence-electron chi connectivity index (χ3n) is 3.01. The van der Waals surface area contributed by atoms with Gasteiger partial charge in [-0.2, -0.15) is 5.26 Å². The minimum absolute atomic E-state index is 0.270. The first-order valence-electron chi connectivity index (χ1n) is 6.42. The number of nitriles is 1. The second kappa shape index (κ2) is 6.91. The van der Waals surface area contributed by atoms with Crippen LogP contribution in [0.3, 0.4) is 0 Å². The van der Waals surface area contributed by atoms with Crippen molar-refractivity contribution in [3.63, 3.8) is 0 Å². The van der Waals surface area contributed by atoms with Crippen LogP contribution in [0, 0.1) is 28.8 Å². The summed E-state index contributed by atoms with van der Waals surface area (Å²) in [7, 11) is 0. The van der Waals surface area contributed by atoms with Gasteiger partial charge in [0.1, 0.15) is 17.5 Å². The molecular weight excluding hydrogens is 277 g/mol. The lowest BCUT2D eigenvalue weighted by molar-refractivity contribution is 0.574. The Balaban J connectivity index is 1.86. The van der Waals surface area contributed by atoms with Crippen molar-refractivity contribution in [3.8, 4) is 6.07 Å². The Morgan fingerprint density at radius 2 is 1.71 bits per heavy atom. The summed E-state index contributed by atoms with van der Waals surface area (Å²) >= 11 is 0. The molecule has 0 aliphatic rings. The molecule has 2 aromatic carbocycles. The van der Waals surface area contributed by atoms with Crippen LogP contribution in [0.2, 0.25) is 0 Å². The van der Waals surface area contributed by atoms with Crippen LogP contribution in [-0.4, -0.2) is 6.54 Å². The fourth-order valence-corrected chi connectivity index (χ4v) is 1.97. The molecule has 21 heavy (non-hydrogen) atoms. The number of rotatable bonds is 5. The molecule has 2 aromatic rings. The van der Waals surface area contributed by atoms with E-state index in [1.54, 1.807) is 12.1 Å². The molecule has 0 bridgehead atoms. The summed E-state index contributed by atoms with van der Waals surface area (Å²) in [5.41, 5.74) is 1.26. The highest BCUT2D eigenvalue weighted by Crippen LogP contribution is 2.10. The SMILES string of the molecule is N#Cc1ccc(CNCCc2cc(F)cc(F)c2)c(F)c1. The zero-order chi connectivity index (χ0) is 15.2. The minimum Gasteiger partial charge on any atom is -0.312 e. The molecule has 0 heterocycles. The third kappa shape index (κ3) is 4.33. The number of nitrogens with one attached hydrogen (secondary N) is 1. The van der Waals surface area contributed by atoms with E-state index in [2.05, 4.69) is 5.32 Å². The molecule has 0 radical (unpaired) electrons. The molecule has 1 N–H and O–H groups in total. The smallest absolute Gasteiger partial charge is 0.129 e. The van der Waals surface area contributed by atoms with E-state index in [1.807, 2.05) is 6.07 Å². The molecule has 0 saturated heterocycles. The molecule has 0 atom stereocenters. The molecule has 0 unspecified atom stereocenters. The van der Waals surface area contributed by atoms with Crippen molar-refractivity contribution < 1.29 is 13.2 Å². The molecule has 5 heteroatoms. The van der Waals surface area contributed by atoms with Crippen LogP contribution in [0.5, 0.6) is 0 Å². The van der Waals surface area contributed by atoms with Gasteiger partial charge < -0.3 is 5.32 Å². The molecular formula is C16H13F3N2. The van der Waals surface area contributed by atoms with Gasteiger partial charge in [0.15, 0.2) is 0 Å². The van der Waals surface area contributed by atoms with Crippen molar-refractivity contribution in [1.82, 2.24) is 5.32 Å². The van der Waals surface area contributed by atoms with Gasteiger partial charge in [-0.15, -0.1) is 0 Å². The van der Waals surface area contributed by atoms with E-state index in [-0.39, 0.29) is 12.1 Å². The fraction of sp³-hybridized carbons (Fsp3) is 0.188. The maximum absolute atomic E-state index is 13.6. The van der Waals surface area contributed by atoms with Crippen LogP contribution in [0.1, 0.15) is 16.7 Å². The second-order valence-electron chi connectivity index (χ2n) is 4.62. The molecule has 2 nitrogen and oxygen atoms in total. The van der Waals surface area contributed by atoms with E-state index < -0.39 is 17.5 Å². The summed E-state index contributed by atoms with van der Waals surface area (Å²) < 4.78 is 39.6.